The molecule has 0 bridgehead atoms. The van der Waals surface area contributed by atoms with Crippen molar-refractivity contribution in [3.63, 3.8) is 0 Å². The molecule has 27 heavy (non-hydrogen) atoms. The van der Waals surface area contributed by atoms with Gasteiger partial charge in [0.05, 0.1) is 33.2 Å². The molecule has 1 heterocycles. The number of hydrogen-bond donors (Lipinski definition) is 1. The first kappa shape index (κ1) is 17.9. The number of aromatic carboxylic acids is 1. The second kappa shape index (κ2) is 7.16. The lowest BCUT2D eigenvalue weighted by molar-refractivity contribution is -0.384. The lowest BCUT2D eigenvalue weighted by Gasteiger charge is -2.04. The normalized spacial score (nSPS) is 11.0. The number of azo groups is 1. The minimum Gasteiger partial charge on any atom is -0.478 e. The van der Waals surface area contributed by atoms with Crippen molar-refractivity contribution in [3.8, 4) is 5.69 Å². The molecule has 0 aliphatic rings. The van der Waals surface area contributed by atoms with Gasteiger partial charge in [-0.25, -0.2) is 9.48 Å². The van der Waals surface area contributed by atoms with Crippen LogP contribution < -0.4 is 0 Å². The van der Waals surface area contributed by atoms with Gasteiger partial charge in [0.1, 0.15) is 5.69 Å². The Morgan fingerprint density at radius 2 is 1.85 bits per heavy atom. The van der Waals surface area contributed by atoms with E-state index < -0.39 is 10.9 Å². The molecule has 1 N–H and O–H groups in total. The Labute approximate surface area is 153 Å². The second-order valence-electron chi connectivity index (χ2n) is 5.76. The third-order valence-electron chi connectivity index (χ3n) is 3.92. The van der Waals surface area contributed by atoms with Crippen molar-refractivity contribution < 1.29 is 14.8 Å². The number of rotatable bonds is 5. The molecule has 0 unspecified atom stereocenters. The van der Waals surface area contributed by atoms with Gasteiger partial charge in [0, 0.05) is 12.1 Å². The molecule has 0 saturated carbocycles. The summed E-state index contributed by atoms with van der Waals surface area (Å²) in [6.07, 6.45) is 0. The van der Waals surface area contributed by atoms with Crippen molar-refractivity contribution in [2.24, 2.45) is 10.2 Å². The highest BCUT2D eigenvalue weighted by atomic mass is 16.6. The number of aryl methyl sites for hydroxylation is 1. The van der Waals surface area contributed by atoms with Gasteiger partial charge in [-0.2, -0.15) is 10.2 Å². The predicted octanol–water partition coefficient (Wildman–Crippen LogP) is 4.51. The fraction of sp³-hybridized carbons (Fsp3) is 0.111. The molecule has 9 heteroatoms. The molecule has 136 valence electrons. The smallest absolute Gasteiger partial charge is 0.335 e. The molecule has 0 saturated heterocycles. The fourth-order valence-electron chi connectivity index (χ4n) is 2.55. The van der Waals surface area contributed by atoms with Crippen LogP contribution in [0.5, 0.6) is 0 Å². The fourth-order valence-corrected chi connectivity index (χ4v) is 2.55. The van der Waals surface area contributed by atoms with Crippen molar-refractivity contribution >= 4 is 23.0 Å². The summed E-state index contributed by atoms with van der Waals surface area (Å²) in [6.45, 7) is 3.59. The average molecular weight is 365 g/mol. The van der Waals surface area contributed by atoms with Gasteiger partial charge in [0.2, 0.25) is 0 Å². The number of carboxylic acid groups (broad SMARTS) is 1. The van der Waals surface area contributed by atoms with E-state index in [1.54, 1.807) is 35.9 Å². The van der Waals surface area contributed by atoms with Crippen molar-refractivity contribution in [1.29, 1.82) is 0 Å². The zero-order valence-corrected chi connectivity index (χ0v) is 14.5. The molecule has 0 aliphatic heterocycles. The number of nitro benzene ring substituents is 1. The number of carbonyl (C=O) groups is 1. The maximum atomic E-state index is 11.0. The highest BCUT2D eigenvalue weighted by Gasteiger charge is 2.13. The molecule has 0 aliphatic carbocycles. The van der Waals surface area contributed by atoms with Gasteiger partial charge < -0.3 is 5.11 Å². The van der Waals surface area contributed by atoms with E-state index in [-0.39, 0.29) is 11.3 Å². The molecule has 3 aromatic rings. The first-order valence-electron chi connectivity index (χ1n) is 7.93. The van der Waals surface area contributed by atoms with Crippen LogP contribution in [0.3, 0.4) is 0 Å². The van der Waals surface area contributed by atoms with E-state index >= 15 is 0 Å². The van der Waals surface area contributed by atoms with Crippen molar-refractivity contribution in [2.75, 3.05) is 0 Å². The summed E-state index contributed by atoms with van der Waals surface area (Å²) in [5.41, 5.74) is 3.07. The quantitative estimate of drug-likeness (QED) is 0.405. The summed E-state index contributed by atoms with van der Waals surface area (Å²) in [4.78, 5) is 21.3. The van der Waals surface area contributed by atoms with Crippen molar-refractivity contribution in [2.45, 2.75) is 13.8 Å². The summed E-state index contributed by atoms with van der Waals surface area (Å²) in [5, 5.41) is 32.5. The molecule has 3 rings (SSSR count). The lowest BCUT2D eigenvalue weighted by Crippen LogP contribution is -2.01. The molecule has 0 radical (unpaired) electrons. The van der Waals surface area contributed by atoms with Crippen LogP contribution in [0.1, 0.15) is 21.7 Å². The summed E-state index contributed by atoms with van der Waals surface area (Å²) in [6, 6.07) is 12.2. The van der Waals surface area contributed by atoms with Crippen LogP contribution in [-0.2, 0) is 0 Å². The Kier molecular flexibility index (Phi) is 4.75. The Morgan fingerprint density at radius 3 is 2.48 bits per heavy atom. The molecule has 2 aromatic carbocycles. The Bertz CT molecular complexity index is 1050. The number of carboxylic acids is 1. The maximum Gasteiger partial charge on any atom is 0.335 e. The van der Waals surface area contributed by atoms with E-state index in [0.29, 0.717) is 28.5 Å². The lowest BCUT2D eigenvalue weighted by atomic mass is 10.2. The first-order valence-corrected chi connectivity index (χ1v) is 7.93. The van der Waals surface area contributed by atoms with Crippen LogP contribution in [-0.4, -0.2) is 25.8 Å². The van der Waals surface area contributed by atoms with Crippen LogP contribution in [0.15, 0.2) is 58.8 Å². The van der Waals surface area contributed by atoms with E-state index in [1.165, 1.54) is 24.3 Å². The van der Waals surface area contributed by atoms with Crippen LogP contribution in [0, 0.1) is 24.0 Å². The van der Waals surface area contributed by atoms with Crippen LogP contribution in [0.25, 0.3) is 5.69 Å². The van der Waals surface area contributed by atoms with E-state index in [9.17, 15) is 14.9 Å². The van der Waals surface area contributed by atoms with E-state index in [4.69, 9.17) is 5.11 Å². The third kappa shape index (κ3) is 3.71. The second-order valence-corrected chi connectivity index (χ2v) is 5.76. The van der Waals surface area contributed by atoms with Crippen LogP contribution >= 0.6 is 0 Å². The third-order valence-corrected chi connectivity index (χ3v) is 3.92. The monoisotopic (exact) mass is 365 g/mol. The highest BCUT2D eigenvalue weighted by molar-refractivity contribution is 5.87. The van der Waals surface area contributed by atoms with Gasteiger partial charge >= 0.3 is 5.97 Å². The topological polar surface area (TPSA) is 123 Å². The Morgan fingerprint density at radius 1 is 1.15 bits per heavy atom. The predicted molar refractivity (Wildman–Crippen MR) is 97.3 cm³/mol. The first-order chi connectivity index (χ1) is 12.9. The van der Waals surface area contributed by atoms with Gasteiger partial charge in [0.15, 0.2) is 0 Å². The molecule has 0 spiro atoms. The average Bonchev–Trinajstić information content (AvgIpc) is 2.94. The number of benzene rings is 2. The summed E-state index contributed by atoms with van der Waals surface area (Å²) >= 11 is 0. The van der Waals surface area contributed by atoms with E-state index in [0.717, 1.165) is 0 Å². The summed E-state index contributed by atoms with van der Waals surface area (Å²) < 4.78 is 1.64. The minimum absolute atomic E-state index is 0.0610. The molecular weight excluding hydrogens is 350 g/mol. The van der Waals surface area contributed by atoms with Crippen LogP contribution in [0.2, 0.25) is 0 Å². The molecule has 0 fully saturated rings. The summed E-state index contributed by atoms with van der Waals surface area (Å²) in [5.74, 6) is -0.999. The zero-order valence-electron chi connectivity index (χ0n) is 14.5. The van der Waals surface area contributed by atoms with Gasteiger partial charge in [-0.05, 0) is 44.2 Å². The van der Waals surface area contributed by atoms with Crippen molar-refractivity contribution in [1.82, 2.24) is 9.78 Å². The van der Waals surface area contributed by atoms with Crippen molar-refractivity contribution in [3.05, 3.63) is 75.6 Å². The molecular formula is C18H15N5O4. The molecule has 0 amide bonds. The SMILES string of the molecule is Cc1nn(-c2ccc(C(=O)O)cc2)c(C)c1N=Nc1cccc([N+](=O)[O-])c1. The maximum absolute atomic E-state index is 11.0. The van der Waals surface area contributed by atoms with Gasteiger partial charge in [-0.1, -0.05) is 6.07 Å². The molecule has 9 nitrogen and oxygen atoms in total. The van der Waals surface area contributed by atoms with Gasteiger partial charge in [-0.15, -0.1) is 5.11 Å². The highest BCUT2D eigenvalue weighted by Crippen LogP contribution is 2.28. The Balaban J connectivity index is 1.93. The number of nitro groups is 1. The Hall–Kier alpha value is -3.88. The van der Waals surface area contributed by atoms with E-state index in [1.807, 2.05) is 6.92 Å². The number of non-ortho nitro benzene ring substituents is 1. The molecule has 1 aromatic heterocycles. The standard InChI is InChI=1S/C18H15N5O4/c1-11-17(20-19-14-4-3-5-16(10-14)23(26)27)12(2)22(21-11)15-8-6-13(7-9-15)18(24)25/h3-10H,1-2H3,(H,24,25). The number of nitrogens with zero attached hydrogens (tertiary/aromatic N) is 5. The zero-order chi connectivity index (χ0) is 19.6. The van der Waals surface area contributed by atoms with E-state index in [2.05, 4.69) is 15.3 Å². The van der Waals surface area contributed by atoms with Gasteiger partial charge in [0.25, 0.3) is 5.69 Å². The van der Waals surface area contributed by atoms with Crippen LogP contribution in [0.4, 0.5) is 17.1 Å². The number of aromatic nitrogens is 2. The summed E-state index contributed by atoms with van der Waals surface area (Å²) in [7, 11) is 0. The number of hydrogen-bond acceptors (Lipinski definition) is 6. The molecule has 0 atom stereocenters. The largest absolute Gasteiger partial charge is 0.478 e. The van der Waals surface area contributed by atoms with Gasteiger partial charge in [-0.3, -0.25) is 10.1 Å². The minimum atomic E-state index is -0.999.